The molecule has 0 aliphatic carbocycles. The summed E-state index contributed by atoms with van der Waals surface area (Å²) in [5, 5.41) is 1.16. The van der Waals surface area contributed by atoms with E-state index in [1.807, 2.05) is 53.4 Å². The minimum atomic E-state index is 0.113. The van der Waals surface area contributed by atoms with Crippen molar-refractivity contribution in [2.45, 2.75) is 38.1 Å². The lowest BCUT2D eigenvalue weighted by molar-refractivity contribution is -0.117. The van der Waals surface area contributed by atoms with Gasteiger partial charge in [-0.2, -0.15) is 0 Å². The molecule has 5 heteroatoms. The van der Waals surface area contributed by atoms with Crippen molar-refractivity contribution in [1.29, 1.82) is 0 Å². The Kier molecular flexibility index (Phi) is 7.39. The third-order valence-corrected chi connectivity index (χ3v) is 6.24. The molecule has 2 aromatic carbocycles. The standard InChI is InChI=1S/C23H27Cl2N2O/c1-17(19-8-9-22(24)23(25)16-19)10-13-26-14-11-21(12-15-26)27(18(2)28)20-6-4-3-5-7-20/h3-9,16-17,21H,1,10-15H2,2H3. The lowest BCUT2D eigenvalue weighted by atomic mass is 9.96. The van der Waals surface area contributed by atoms with Crippen LogP contribution in [0.15, 0.2) is 48.5 Å². The first-order chi connectivity index (χ1) is 13.5. The van der Waals surface area contributed by atoms with Crippen LogP contribution in [0.3, 0.4) is 0 Å². The van der Waals surface area contributed by atoms with Gasteiger partial charge in [-0.1, -0.05) is 47.5 Å². The number of benzene rings is 2. The van der Waals surface area contributed by atoms with Gasteiger partial charge in [-0.05, 0) is 68.5 Å². The highest BCUT2D eigenvalue weighted by atomic mass is 35.5. The molecule has 0 spiro atoms. The SMILES string of the molecule is [CH2]C(CCN1CCC(N(C(C)=O)c2ccccc2)CC1)c1ccc(Cl)c(Cl)c1. The average Bonchev–Trinajstić information content (AvgIpc) is 2.70. The van der Waals surface area contributed by atoms with Crippen LogP contribution in [0.5, 0.6) is 0 Å². The first kappa shape index (κ1) is 21.2. The number of rotatable bonds is 6. The van der Waals surface area contributed by atoms with Crippen LogP contribution in [0.4, 0.5) is 5.69 Å². The maximum Gasteiger partial charge on any atom is 0.224 e. The Hall–Kier alpha value is -1.55. The predicted molar refractivity (Wildman–Crippen MR) is 118 cm³/mol. The molecule has 0 N–H and O–H groups in total. The highest BCUT2D eigenvalue weighted by molar-refractivity contribution is 6.42. The second-order valence-electron chi connectivity index (χ2n) is 7.46. The molecular formula is C23H27Cl2N2O. The number of amides is 1. The maximum atomic E-state index is 12.2. The van der Waals surface area contributed by atoms with Gasteiger partial charge in [-0.25, -0.2) is 0 Å². The Morgan fingerprint density at radius 1 is 1.14 bits per heavy atom. The predicted octanol–water partition coefficient (Wildman–Crippen LogP) is 5.82. The monoisotopic (exact) mass is 417 g/mol. The molecule has 3 nitrogen and oxygen atoms in total. The zero-order valence-corrected chi connectivity index (χ0v) is 17.8. The van der Waals surface area contributed by atoms with Crippen molar-refractivity contribution in [2.24, 2.45) is 0 Å². The Morgan fingerprint density at radius 2 is 1.82 bits per heavy atom. The van der Waals surface area contributed by atoms with Gasteiger partial charge in [0.1, 0.15) is 0 Å². The van der Waals surface area contributed by atoms with Crippen molar-refractivity contribution in [3.05, 3.63) is 71.1 Å². The van der Waals surface area contributed by atoms with Crippen molar-refractivity contribution in [1.82, 2.24) is 4.90 Å². The quantitative estimate of drug-likeness (QED) is 0.590. The summed E-state index contributed by atoms with van der Waals surface area (Å²) in [5.41, 5.74) is 2.11. The first-order valence-electron chi connectivity index (χ1n) is 9.81. The number of hydrogen-bond donors (Lipinski definition) is 0. The van der Waals surface area contributed by atoms with E-state index in [4.69, 9.17) is 23.2 Å². The number of carbonyl (C=O) groups excluding carboxylic acids is 1. The summed E-state index contributed by atoms with van der Waals surface area (Å²) in [7, 11) is 0. The Bertz CT molecular complexity index is 788. The normalized spacial score (nSPS) is 16.7. The van der Waals surface area contributed by atoms with E-state index < -0.39 is 0 Å². The molecule has 3 rings (SSSR count). The van der Waals surface area contributed by atoms with E-state index in [1.54, 1.807) is 6.92 Å². The minimum Gasteiger partial charge on any atom is -0.310 e. The molecular weight excluding hydrogens is 391 g/mol. The summed E-state index contributed by atoms with van der Waals surface area (Å²) in [6.07, 6.45) is 2.95. The van der Waals surface area contributed by atoms with Gasteiger partial charge in [0.15, 0.2) is 0 Å². The van der Waals surface area contributed by atoms with Crippen LogP contribution in [-0.2, 0) is 4.79 Å². The molecule has 1 saturated heterocycles. The number of carbonyl (C=O) groups is 1. The highest BCUT2D eigenvalue weighted by Crippen LogP contribution is 2.29. The van der Waals surface area contributed by atoms with E-state index in [2.05, 4.69) is 11.8 Å². The van der Waals surface area contributed by atoms with Crippen molar-refractivity contribution in [3.8, 4) is 0 Å². The fourth-order valence-electron chi connectivity index (χ4n) is 3.91. The molecule has 1 aliphatic rings. The zero-order valence-electron chi connectivity index (χ0n) is 16.3. The smallest absolute Gasteiger partial charge is 0.224 e. The molecule has 1 atom stereocenters. The number of likely N-dealkylation sites (tertiary alicyclic amines) is 1. The van der Waals surface area contributed by atoms with Gasteiger partial charge in [0.2, 0.25) is 5.91 Å². The molecule has 1 unspecified atom stereocenters. The molecule has 1 aliphatic heterocycles. The van der Waals surface area contributed by atoms with Gasteiger partial charge < -0.3 is 9.80 Å². The van der Waals surface area contributed by atoms with Gasteiger partial charge in [0.05, 0.1) is 10.0 Å². The molecule has 1 amide bonds. The summed E-state index contributed by atoms with van der Waals surface area (Å²) in [6.45, 7) is 8.93. The van der Waals surface area contributed by atoms with E-state index in [9.17, 15) is 4.79 Å². The van der Waals surface area contributed by atoms with Gasteiger partial charge in [0.25, 0.3) is 0 Å². The summed E-state index contributed by atoms with van der Waals surface area (Å²) >= 11 is 12.1. The Morgan fingerprint density at radius 3 is 2.43 bits per heavy atom. The molecule has 1 fully saturated rings. The van der Waals surface area contributed by atoms with E-state index in [1.165, 1.54) is 0 Å². The molecule has 2 aromatic rings. The van der Waals surface area contributed by atoms with Crippen molar-refractivity contribution in [3.63, 3.8) is 0 Å². The largest absolute Gasteiger partial charge is 0.310 e. The molecule has 0 bridgehead atoms. The van der Waals surface area contributed by atoms with Crippen LogP contribution < -0.4 is 4.90 Å². The number of para-hydroxylation sites is 1. The minimum absolute atomic E-state index is 0.113. The van der Waals surface area contributed by atoms with E-state index in [0.29, 0.717) is 10.0 Å². The van der Waals surface area contributed by atoms with Crippen LogP contribution in [0.25, 0.3) is 0 Å². The molecule has 149 valence electrons. The number of halogens is 2. The van der Waals surface area contributed by atoms with Gasteiger partial charge in [0, 0.05) is 31.7 Å². The summed E-state index contributed by atoms with van der Waals surface area (Å²) in [5.74, 6) is 0.299. The molecule has 0 aromatic heterocycles. The number of anilines is 1. The highest BCUT2D eigenvalue weighted by Gasteiger charge is 2.27. The lowest BCUT2D eigenvalue weighted by Gasteiger charge is -2.38. The van der Waals surface area contributed by atoms with Crippen LogP contribution in [0.1, 0.15) is 37.7 Å². The van der Waals surface area contributed by atoms with Gasteiger partial charge in [-0.15, -0.1) is 0 Å². The van der Waals surface area contributed by atoms with Crippen molar-refractivity contribution < 1.29 is 4.79 Å². The van der Waals surface area contributed by atoms with Crippen LogP contribution >= 0.6 is 23.2 Å². The maximum absolute atomic E-state index is 12.2. The van der Waals surface area contributed by atoms with Crippen LogP contribution in [-0.4, -0.2) is 36.5 Å². The topological polar surface area (TPSA) is 23.6 Å². The average molecular weight is 418 g/mol. The summed E-state index contributed by atoms with van der Waals surface area (Å²) in [4.78, 5) is 16.7. The molecule has 1 radical (unpaired) electrons. The number of piperidine rings is 1. The van der Waals surface area contributed by atoms with E-state index >= 15 is 0 Å². The molecule has 28 heavy (non-hydrogen) atoms. The van der Waals surface area contributed by atoms with Crippen LogP contribution in [0, 0.1) is 6.92 Å². The fraction of sp³-hybridized carbons (Fsp3) is 0.391. The first-order valence-corrected chi connectivity index (χ1v) is 10.6. The lowest BCUT2D eigenvalue weighted by Crippen LogP contribution is -2.47. The zero-order chi connectivity index (χ0) is 20.1. The summed E-state index contributed by atoms with van der Waals surface area (Å²) < 4.78 is 0. The second kappa shape index (κ2) is 9.78. The van der Waals surface area contributed by atoms with Gasteiger partial charge >= 0.3 is 0 Å². The Labute approximate surface area is 178 Å². The third-order valence-electron chi connectivity index (χ3n) is 5.50. The number of hydrogen-bond acceptors (Lipinski definition) is 2. The molecule has 0 saturated carbocycles. The molecule has 1 heterocycles. The summed E-state index contributed by atoms with van der Waals surface area (Å²) in [6, 6.07) is 16.0. The van der Waals surface area contributed by atoms with Crippen LogP contribution in [0.2, 0.25) is 10.0 Å². The third kappa shape index (κ3) is 5.28. The van der Waals surface area contributed by atoms with Gasteiger partial charge in [-0.3, -0.25) is 4.79 Å². The van der Waals surface area contributed by atoms with E-state index in [-0.39, 0.29) is 17.9 Å². The fourth-order valence-corrected chi connectivity index (χ4v) is 4.22. The second-order valence-corrected chi connectivity index (χ2v) is 8.27. The number of nitrogens with zero attached hydrogens (tertiary/aromatic N) is 2. The van der Waals surface area contributed by atoms with Crippen molar-refractivity contribution in [2.75, 3.05) is 24.5 Å². The Balaban J connectivity index is 1.52. The van der Waals surface area contributed by atoms with E-state index in [0.717, 1.165) is 50.1 Å². The van der Waals surface area contributed by atoms with Crippen molar-refractivity contribution >= 4 is 34.8 Å².